The van der Waals surface area contributed by atoms with E-state index in [9.17, 15) is 9.59 Å². The summed E-state index contributed by atoms with van der Waals surface area (Å²) in [5.74, 6) is 0.110. The first-order valence-electron chi connectivity index (χ1n) is 4.75. The monoisotopic (exact) mass is 205 g/mol. The maximum Gasteiger partial charge on any atom is 0.409 e. The molecule has 1 unspecified atom stereocenters. The van der Waals surface area contributed by atoms with Crippen LogP contribution in [0.2, 0.25) is 0 Å². The normalized spacial score (nSPS) is 18.7. The summed E-state index contributed by atoms with van der Waals surface area (Å²) < 4.78 is 0. The summed E-state index contributed by atoms with van der Waals surface area (Å²) in [4.78, 5) is 22.1. The van der Waals surface area contributed by atoms with Crippen molar-refractivity contribution >= 4 is 17.6 Å². The molecule has 1 aromatic carbocycles. The molecule has 1 aliphatic carbocycles. The van der Waals surface area contributed by atoms with E-state index < -0.39 is 6.09 Å². The number of ketones is 1. The molecule has 1 aliphatic rings. The third kappa shape index (κ3) is 1.70. The molecule has 2 rings (SSSR count). The van der Waals surface area contributed by atoms with Gasteiger partial charge in [0.25, 0.3) is 0 Å². The maximum atomic E-state index is 11.7. The molecule has 1 aromatic rings. The Hall–Kier alpha value is -1.84. The first kappa shape index (κ1) is 9.71. The van der Waals surface area contributed by atoms with E-state index in [1.54, 1.807) is 12.1 Å². The number of Topliss-reactive ketones (excluding diaryl/α,β-unsaturated/α-hetero) is 1. The highest BCUT2D eigenvalue weighted by Gasteiger charge is 2.26. The Morgan fingerprint density at radius 1 is 1.53 bits per heavy atom. The fourth-order valence-electron chi connectivity index (χ4n) is 1.87. The summed E-state index contributed by atoms with van der Waals surface area (Å²) in [6, 6.07) is 5.09. The van der Waals surface area contributed by atoms with Crippen LogP contribution in [-0.4, -0.2) is 17.0 Å². The summed E-state index contributed by atoms with van der Waals surface area (Å²) >= 11 is 0. The topological polar surface area (TPSA) is 66.4 Å². The summed E-state index contributed by atoms with van der Waals surface area (Å²) in [5.41, 5.74) is 2.10. The summed E-state index contributed by atoms with van der Waals surface area (Å²) in [7, 11) is 0. The molecule has 0 aliphatic heterocycles. The zero-order valence-corrected chi connectivity index (χ0v) is 8.28. The number of carbonyl (C=O) groups excluding carboxylic acids is 1. The Balaban J connectivity index is 2.35. The van der Waals surface area contributed by atoms with E-state index >= 15 is 0 Å². The van der Waals surface area contributed by atoms with E-state index in [0.29, 0.717) is 11.3 Å². The molecule has 0 saturated carbocycles. The average molecular weight is 205 g/mol. The van der Waals surface area contributed by atoms with E-state index in [0.717, 1.165) is 12.0 Å². The predicted octanol–water partition coefficient (Wildman–Crippen LogP) is 2.15. The van der Waals surface area contributed by atoms with Gasteiger partial charge in [0.1, 0.15) is 0 Å². The van der Waals surface area contributed by atoms with Gasteiger partial charge in [-0.2, -0.15) is 0 Å². The Morgan fingerprint density at radius 3 is 2.93 bits per heavy atom. The lowest BCUT2D eigenvalue weighted by Gasteiger charge is -2.02. The average Bonchev–Trinajstić information content (AvgIpc) is 2.43. The molecule has 4 nitrogen and oxygen atoms in total. The van der Waals surface area contributed by atoms with Gasteiger partial charge in [-0.05, 0) is 24.1 Å². The minimum atomic E-state index is -1.12. The van der Waals surface area contributed by atoms with E-state index in [2.05, 4.69) is 5.32 Å². The molecule has 0 heterocycles. The number of carboxylic acid groups (broad SMARTS) is 1. The number of carbonyl (C=O) groups is 2. The van der Waals surface area contributed by atoms with E-state index in [-0.39, 0.29) is 11.7 Å². The van der Waals surface area contributed by atoms with Crippen molar-refractivity contribution in [3.63, 3.8) is 0 Å². The highest BCUT2D eigenvalue weighted by atomic mass is 16.4. The third-order valence-electron chi connectivity index (χ3n) is 2.60. The standard InChI is InChI=1S/C11H11NO3/c1-6-4-7-2-3-8(12-11(14)15)5-9(7)10(6)13/h2-3,5-6,12H,4H2,1H3,(H,14,15). The van der Waals surface area contributed by atoms with Gasteiger partial charge in [-0.15, -0.1) is 0 Å². The molecule has 0 aromatic heterocycles. The second kappa shape index (κ2) is 3.38. The van der Waals surface area contributed by atoms with Crippen LogP contribution in [0.5, 0.6) is 0 Å². The molecule has 15 heavy (non-hydrogen) atoms. The smallest absolute Gasteiger partial charge is 0.409 e. The number of hydrogen-bond donors (Lipinski definition) is 2. The fourth-order valence-corrected chi connectivity index (χ4v) is 1.87. The van der Waals surface area contributed by atoms with Crippen molar-refractivity contribution in [2.24, 2.45) is 5.92 Å². The molecule has 0 saturated heterocycles. The lowest BCUT2D eigenvalue weighted by molar-refractivity contribution is 0.0946. The number of rotatable bonds is 1. The zero-order chi connectivity index (χ0) is 11.0. The van der Waals surface area contributed by atoms with Crippen LogP contribution in [0.3, 0.4) is 0 Å². The number of fused-ring (bicyclic) bond motifs is 1. The fraction of sp³-hybridized carbons (Fsp3) is 0.273. The van der Waals surface area contributed by atoms with Gasteiger partial charge < -0.3 is 5.11 Å². The Labute approximate surface area is 86.9 Å². The van der Waals surface area contributed by atoms with Crippen molar-refractivity contribution in [1.29, 1.82) is 0 Å². The summed E-state index contributed by atoms with van der Waals surface area (Å²) in [6.07, 6.45) is -0.366. The van der Waals surface area contributed by atoms with Gasteiger partial charge in [-0.3, -0.25) is 10.1 Å². The second-order valence-electron chi connectivity index (χ2n) is 3.77. The van der Waals surface area contributed by atoms with Crippen LogP contribution in [0.15, 0.2) is 18.2 Å². The lowest BCUT2D eigenvalue weighted by Crippen LogP contribution is -2.08. The number of amides is 1. The van der Waals surface area contributed by atoms with Crippen LogP contribution in [0, 0.1) is 5.92 Å². The number of hydrogen-bond acceptors (Lipinski definition) is 2. The number of benzene rings is 1. The first-order valence-corrected chi connectivity index (χ1v) is 4.75. The largest absolute Gasteiger partial charge is 0.465 e. The second-order valence-corrected chi connectivity index (χ2v) is 3.77. The van der Waals surface area contributed by atoms with Crippen LogP contribution < -0.4 is 5.32 Å². The van der Waals surface area contributed by atoms with Crippen molar-refractivity contribution in [1.82, 2.24) is 0 Å². The number of anilines is 1. The molecule has 78 valence electrons. The van der Waals surface area contributed by atoms with Gasteiger partial charge in [-0.25, -0.2) is 4.79 Å². The van der Waals surface area contributed by atoms with Crippen molar-refractivity contribution in [2.75, 3.05) is 5.32 Å². The van der Waals surface area contributed by atoms with Gasteiger partial charge in [-0.1, -0.05) is 13.0 Å². The van der Waals surface area contributed by atoms with Crippen molar-refractivity contribution < 1.29 is 14.7 Å². The van der Waals surface area contributed by atoms with Crippen molar-refractivity contribution in [3.8, 4) is 0 Å². The molecule has 1 atom stereocenters. The van der Waals surface area contributed by atoms with Crippen molar-refractivity contribution in [2.45, 2.75) is 13.3 Å². The van der Waals surface area contributed by atoms with Crippen LogP contribution in [0.4, 0.5) is 10.5 Å². The highest BCUT2D eigenvalue weighted by molar-refractivity contribution is 6.03. The molecule has 1 amide bonds. The number of nitrogens with one attached hydrogen (secondary N) is 1. The molecular formula is C11H11NO3. The molecular weight excluding hydrogens is 194 g/mol. The molecule has 0 bridgehead atoms. The minimum Gasteiger partial charge on any atom is -0.465 e. The van der Waals surface area contributed by atoms with Crippen LogP contribution in [0.25, 0.3) is 0 Å². The van der Waals surface area contributed by atoms with Gasteiger partial charge in [0.15, 0.2) is 5.78 Å². The molecule has 2 N–H and O–H groups in total. The van der Waals surface area contributed by atoms with Gasteiger partial charge in [0, 0.05) is 17.2 Å². The third-order valence-corrected chi connectivity index (χ3v) is 2.60. The maximum absolute atomic E-state index is 11.7. The quantitative estimate of drug-likeness (QED) is 0.738. The molecule has 0 spiro atoms. The SMILES string of the molecule is CC1Cc2ccc(NC(=O)O)cc2C1=O. The van der Waals surface area contributed by atoms with E-state index in [1.807, 2.05) is 13.0 Å². The zero-order valence-electron chi connectivity index (χ0n) is 8.28. The Kier molecular flexibility index (Phi) is 2.19. The van der Waals surface area contributed by atoms with Gasteiger partial charge in [0.2, 0.25) is 0 Å². The predicted molar refractivity (Wildman–Crippen MR) is 55.3 cm³/mol. The minimum absolute atomic E-state index is 0.0140. The van der Waals surface area contributed by atoms with Crippen LogP contribution in [-0.2, 0) is 6.42 Å². The summed E-state index contributed by atoms with van der Waals surface area (Å²) in [6.45, 7) is 1.88. The first-order chi connectivity index (χ1) is 7.08. The van der Waals surface area contributed by atoms with Gasteiger partial charge in [0.05, 0.1) is 0 Å². The highest BCUT2D eigenvalue weighted by Crippen LogP contribution is 2.28. The van der Waals surface area contributed by atoms with E-state index in [4.69, 9.17) is 5.11 Å². The van der Waals surface area contributed by atoms with Crippen LogP contribution >= 0.6 is 0 Å². The molecule has 0 fully saturated rings. The van der Waals surface area contributed by atoms with Gasteiger partial charge >= 0.3 is 6.09 Å². The molecule has 0 radical (unpaired) electrons. The van der Waals surface area contributed by atoms with Crippen molar-refractivity contribution in [3.05, 3.63) is 29.3 Å². The Morgan fingerprint density at radius 2 is 2.27 bits per heavy atom. The lowest BCUT2D eigenvalue weighted by atomic mass is 10.1. The van der Waals surface area contributed by atoms with E-state index in [1.165, 1.54) is 0 Å². The summed E-state index contributed by atoms with van der Waals surface area (Å²) in [5, 5.41) is 10.8. The Bertz CT molecular complexity index is 439. The molecule has 4 heteroatoms. The van der Waals surface area contributed by atoms with Crippen LogP contribution in [0.1, 0.15) is 22.8 Å².